The monoisotopic (exact) mass is 515 g/mol. The number of H-pyrrole nitrogens is 1. The second-order valence-corrected chi connectivity index (χ2v) is 11.3. The summed E-state index contributed by atoms with van der Waals surface area (Å²) in [5.74, 6) is 1.42. The molecule has 3 aromatic rings. The second-order valence-electron chi connectivity index (χ2n) is 8.30. The van der Waals surface area contributed by atoms with Crippen molar-refractivity contribution >= 4 is 27.7 Å². The van der Waals surface area contributed by atoms with Crippen LogP contribution in [-0.2, 0) is 14.8 Å². The third kappa shape index (κ3) is 6.03. The Morgan fingerprint density at radius 2 is 1.94 bits per heavy atom. The molecule has 0 unspecified atom stereocenters. The van der Waals surface area contributed by atoms with E-state index in [2.05, 4.69) is 20.5 Å². The van der Waals surface area contributed by atoms with Gasteiger partial charge in [0.25, 0.3) is 0 Å². The fraction of sp³-hybridized carbons (Fsp3) is 0.375. The Morgan fingerprint density at radius 3 is 2.66 bits per heavy atom. The van der Waals surface area contributed by atoms with Crippen LogP contribution in [-0.4, -0.2) is 66.3 Å². The minimum absolute atomic E-state index is 0.0456. The van der Waals surface area contributed by atoms with Crippen molar-refractivity contribution < 1.29 is 17.9 Å². The molecule has 35 heavy (non-hydrogen) atoms. The number of amides is 1. The number of nitrogens with one attached hydrogen (secondary N) is 2. The maximum absolute atomic E-state index is 13.2. The van der Waals surface area contributed by atoms with Gasteiger partial charge in [-0.25, -0.2) is 13.4 Å². The van der Waals surface area contributed by atoms with Gasteiger partial charge in [0.15, 0.2) is 5.82 Å². The molecule has 0 atom stereocenters. The normalized spacial score (nSPS) is 15.1. The number of aromatic nitrogens is 3. The Kier molecular flexibility index (Phi) is 8.09. The lowest BCUT2D eigenvalue weighted by atomic mass is 9.97. The van der Waals surface area contributed by atoms with E-state index >= 15 is 0 Å². The van der Waals surface area contributed by atoms with Gasteiger partial charge >= 0.3 is 0 Å². The molecule has 2 aromatic carbocycles. The number of nitrogens with zero attached hydrogens (tertiary/aromatic N) is 3. The number of sulfonamides is 1. The van der Waals surface area contributed by atoms with Crippen LogP contribution in [0.3, 0.4) is 0 Å². The quantitative estimate of drug-likeness (QED) is 0.332. The fourth-order valence-corrected chi connectivity index (χ4v) is 6.34. The lowest BCUT2D eigenvalue weighted by molar-refractivity contribution is -0.125. The van der Waals surface area contributed by atoms with Crippen molar-refractivity contribution in [3.8, 4) is 17.1 Å². The van der Waals surface area contributed by atoms with E-state index in [1.807, 2.05) is 43.3 Å². The molecule has 1 aromatic heterocycles. The highest BCUT2D eigenvalue weighted by molar-refractivity contribution is 7.99. The Hall–Kier alpha value is -2.89. The van der Waals surface area contributed by atoms with Crippen molar-refractivity contribution in [2.75, 3.05) is 32.5 Å². The number of aromatic amines is 1. The van der Waals surface area contributed by atoms with Gasteiger partial charge in [0, 0.05) is 36.9 Å². The van der Waals surface area contributed by atoms with Gasteiger partial charge in [0.2, 0.25) is 21.1 Å². The molecule has 9 nitrogen and oxygen atoms in total. The summed E-state index contributed by atoms with van der Waals surface area (Å²) in [5, 5.41) is 10.7. The molecule has 11 heteroatoms. The summed E-state index contributed by atoms with van der Waals surface area (Å²) >= 11 is 1.46. The molecule has 1 amide bonds. The minimum atomic E-state index is -3.69. The summed E-state index contributed by atoms with van der Waals surface area (Å²) in [5.41, 5.74) is 1.81. The van der Waals surface area contributed by atoms with Crippen LogP contribution in [0.5, 0.6) is 5.75 Å². The van der Waals surface area contributed by atoms with Crippen LogP contribution in [0.25, 0.3) is 11.4 Å². The predicted molar refractivity (Wildman–Crippen MR) is 135 cm³/mol. The molecule has 2 N–H and O–H groups in total. The molecule has 0 saturated carbocycles. The maximum Gasteiger partial charge on any atom is 0.246 e. The average Bonchev–Trinajstić information content (AvgIpc) is 3.36. The Labute approximate surface area is 209 Å². The van der Waals surface area contributed by atoms with Crippen LogP contribution in [0.15, 0.2) is 58.6 Å². The molecular weight excluding hydrogens is 486 g/mol. The number of benzene rings is 2. The average molecular weight is 516 g/mol. The van der Waals surface area contributed by atoms with E-state index in [1.54, 1.807) is 12.1 Å². The van der Waals surface area contributed by atoms with Crippen LogP contribution in [0.1, 0.15) is 18.4 Å². The zero-order valence-electron chi connectivity index (χ0n) is 19.7. The zero-order chi connectivity index (χ0) is 24.8. The molecule has 1 aliphatic rings. The molecule has 0 aliphatic carbocycles. The molecule has 1 saturated heterocycles. The van der Waals surface area contributed by atoms with Gasteiger partial charge in [-0.1, -0.05) is 48.2 Å². The van der Waals surface area contributed by atoms with Crippen LogP contribution >= 0.6 is 11.8 Å². The summed E-state index contributed by atoms with van der Waals surface area (Å²) in [6.45, 7) is 2.92. The first-order chi connectivity index (χ1) is 16.9. The number of ether oxygens (including phenoxy) is 1. The molecule has 1 aliphatic heterocycles. The zero-order valence-corrected chi connectivity index (χ0v) is 21.4. The second kappa shape index (κ2) is 11.2. The highest BCUT2D eigenvalue weighted by Gasteiger charge is 2.33. The van der Waals surface area contributed by atoms with Crippen molar-refractivity contribution in [1.82, 2.24) is 24.8 Å². The number of methoxy groups -OCH3 is 1. The molecule has 186 valence electrons. The topological polar surface area (TPSA) is 117 Å². The Bertz CT molecular complexity index is 1260. The van der Waals surface area contributed by atoms with E-state index in [0.29, 0.717) is 55.0 Å². The van der Waals surface area contributed by atoms with Gasteiger partial charge < -0.3 is 10.1 Å². The summed E-state index contributed by atoms with van der Waals surface area (Å²) < 4.78 is 33.0. The number of carbonyl (C=O) groups excluding carboxylic acids is 1. The summed E-state index contributed by atoms with van der Waals surface area (Å²) in [6.07, 6.45) is 0.960. The Morgan fingerprint density at radius 1 is 1.20 bits per heavy atom. The van der Waals surface area contributed by atoms with Crippen molar-refractivity contribution in [1.29, 1.82) is 0 Å². The van der Waals surface area contributed by atoms with Crippen LogP contribution in [0, 0.1) is 12.8 Å². The standard InChI is InChI=1S/C24H29N5O4S2/c1-17-8-9-20(33-2)21(16-17)35(31,32)29-13-10-19(11-14-29)23(30)25-12-15-34-24-26-22(27-28-24)18-6-4-3-5-7-18/h3-9,16,19H,10-15H2,1-2H3,(H,25,30)(H,26,27,28). The van der Waals surface area contributed by atoms with E-state index in [1.165, 1.54) is 23.2 Å². The molecule has 4 rings (SSSR count). The van der Waals surface area contributed by atoms with Crippen LogP contribution in [0.4, 0.5) is 0 Å². The number of piperidine rings is 1. The highest BCUT2D eigenvalue weighted by atomic mass is 32.2. The molecule has 0 bridgehead atoms. The van der Waals surface area contributed by atoms with Gasteiger partial charge in [0.1, 0.15) is 10.6 Å². The number of rotatable bonds is 9. The lowest BCUT2D eigenvalue weighted by Gasteiger charge is -2.31. The lowest BCUT2D eigenvalue weighted by Crippen LogP contribution is -2.43. The molecule has 2 heterocycles. The summed E-state index contributed by atoms with van der Waals surface area (Å²) in [7, 11) is -2.23. The number of carbonyl (C=O) groups is 1. The first-order valence-electron chi connectivity index (χ1n) is 11.4. The SMILES string of the molecule is COc1ccc(C)cc1S(=O)(=O)N1CCC(C(=O)NCCSc2n[nH]c(-c3ccccc3)n2)CC1. The number of hydrogen-bond acceptors (Lipinski definition) is 7. The largest absolute Gasteiger partial charge is 0.495 e. The number of hydrogen-bond donors (Lipinski definition) is 2. The van der Waals surface area contributed by atoms with Gasteiger partial charge in [0.05, 0.1) is 7.11 Å². The van der Waals surface area contributed by atoms with Crippen molar-refractivity contribution in [2.45, 2.75) is 29.8 Å². The van der Waals surface area contributed by atoms with E-state index in [9.17, 15) is 13.2 Å². The van der Waals surface area contributed by atoms with Gasteiger partial charge in [-0.3, -0.25) is 9.89 Å². The summed E-state index contributed by atoms with van der Waals surface area (Å²) in [4.78, 5) is 17.3. The van der Waals surface area contributed by atoms with Crippen LogP contribution in [0.2, 0.25) is 0 Å². The highest BCUT2D eigenvalue weighted by Crippen LogP contribution is 2.30. The Balaban J connectivity index is 1.23. The van der Waals surface area contributed by atoms with Crippen molar-refractivity contribution in [2.24, 2.45) is 5.92 Å². The maximum atomic E-state index is 13.2. The summed E-state index contributed by atoms with van der Waals surface area (Å²) in [6, 6.07) is 14.9. The van der Waals surface area contributed by atoms with Gasteiger partial charge in [-0.05, 0) is 37.5 Å². The van der Waals surface area contributed by atoms with Crippen molar-refractivity contribution in [3.05, 3.63) is 54.1 Å². The minimum Gasteiger partial charge on any atom is -0.495 e. The molecule has 0 radical (unpaired) electrons. The van der Waals surface area contributed by atoms with E-state index in [0.717, 1.165) is 11.1 Å². The van der Waals surface area contributed by atoms with Crippen molar-refractivity contribution in [3.63, 3.8) is 0 Å². The predicted octanol–water partition coefficient (Wildman–Crippen LogP) is 3.10. The molecule has 0 spiro atoms. The van der Waals surface area contributed by atoms with E-state index < -0.39 is 10.0 Å². The third-order valence-electron chi connectivity index (χ3n) is 5.91. The molecular formula is C24H29N5O4S2. The first kappa shape index (κ1) is 25.2. The fourth-order valence-electron chi connectivity index (χ4n) is 3.98. The molecule has 1 fully saturated rings. The third-order valence-corrected chi connectivity index (χ3v) is 8.68. The first-order valence-corrected chi connectivity index (χ1v) is 13.8. The van der Waals surface area contributed by atoms with E-state index in [-0.39, 0.29) is 16.7 Å². The number of aryl methyl sites for hydroxylation is 1. The van der Waals surface area contributed by atoms with Gasteiger partial charge in [-0.15, -0.1) is 5.10 Å². The smallest absolute Gasteiger partial charge is 0.246 e. The van der Waals surface area contributed by atoms with Gasteiger partial charge in [-0.2, -0.15) is 4.31 Å². The van der Waals surface area contributed by atoms with Crippen LogP contribution < -0.4 is 10.1 Å². The van der Waals surface area contributed by atoms with E-state index in [4.69, 9.17) is 4.74 Å². The number of thioether (sulfide) groups is 1.